The molecule has 4 nitrogen and oxygen atoms in total. The van der Waals surface area contributed by atoms with Crippen LogP contribution < -0.4 is 14.8 Å². The molecule has 0 bridgehead atoms. The largest absolute Gasteiger partial charge is 0.493 e. The molecule has 1 heterocycles. The van der Waals surface area contributed by atoms with Gasteiger partial charge in [0, 0.05) is 19.1 Å². The number of halogens is 2. The zero-order valence-corrected chi connectivity index (χ0v) is 16.2. The van der Waals surface area contributed by atoms with Gasteiger partial charge in [-0.25, -0.2) is 0 Å². The van der Waals surface area contributed by atoms with Gasteiger partial charge < -0.3 is 14.8 Å². The molecule has 0 aromatic heterocycles. The summed E-state index contributed by atoms with van der Waals surface area (Å²) in [7, 11) is 3.71. The van der Waals surface area contributed by atoms with Crippen LogP contribution in [-0.2, 0) is 6.54 Å². The lowest BCUT2D eigenvalue weighted by Crippen LogP contribution is -2.43. The molecule has 0 radical (unpaired) electrons. The highest BCUT2D eigenvalue weighted by Gasteiger charge is 2.19. The Labute approximate surface area is 153 Å². The van der Waals surface area contributed by atoms with E-state index in [1.807, 2.05) is 7.05 Å². The van der Waals surface area contributed by atoms with Crippen LogP contribution in [0.15, 0.2) is 29.3 Å². The number of benzene rings is 1. The van der Waals surface area contributed by atoms with Crippen LogP contribution in [-0.4, -0.2) is 44.8 Å². The predicted octanol–water partition coefficient (Wildman–Crippen LogP) is 3.63. The van der Waals surface area contributed by atoms with Crippen molar-refractivity contribution in [3.63, 3.8) is 0 Å². The molecule has 23 heavy (non-hydrogen) atoms. The van der Waals surface area contributed by atoms with E-state index >= 15 is 0 Å². The van der Waals surface area contributed by atoms with Crippen molar-refractivity contribution in [3.05, 3.63) is 34.8 Å². The number of hydrogen-bond donors (Lipinski definition) is 1. The minimum atomic E-state index is 0. The molecule has 0 aliphatic carbocycles. The molecule has 1 aliphatic rings. The minimum Gasteiger partial charge on any atom is -0.493 e. The molecule has 1 aromatic carbocycles. The molecule has 1 unspecified atom stereocenters. The Morgan fingerprint density at radius 3 is 2.91 bits per heavy atom. The van der Waals surface area contributed by atoms with E-state index in [1.165, 1.54) is 18.4 Å². The molecule has 1 atom stereocenters. The Bertz CT molecular complexity index is 514. The summed E-state index contributed by atoms with van der Waals surface area (Å²) in [6.07, 6.45) is 4.23. The Hall–Kier alpha value is -0.750. The molecule has 1 aromatic rings. The van der Waals surface area contributed by atoms with E-state index in [0.29, 0.717) is 12.6 Å². The molecule has 1 saturated heterocycles. The number of methoxy groups -OCH3 is 1. The monoisotopic (exact) mass is 404 g/mol. The second kappa shape index (κ2) is 10.2. The molecule has 0 spiro atoms. The summed E-state index contributed by atoms with van der Waals surface area (Å²) in [4.78, 5) is 2.48. The lowest BCUT2D eigenvalue weighted by molar-refractivity contribution is 0.187. The van der Waals surface area contributed by atoms with Crippen LogP contribution in [0.25, 0.3) is 0 Å². The smallest absolute Gasteiger partial charge is 0.175 e. The maximum atomic E-state index is 5.67. The molecule has 2 rings (SSSR count). The Morgan fingerprint density at radius 2 is 2.26 bits per heavy atom. The van der Waals surface area contributed by atoms with Gasteiger partial charge in [-0.2, -0.15) is 0 Å². The van der Waals surface area contributed by atoms with Crippen molar-refractivity contribution in [3.8, 4) is 11.5 Å². The van der Waals surface area contributed by atoms with Crippen molar-refractivity contribution in [2.45, 2.75) is 25.4 Å². The molecular formula is C17H26BrClN2O2. The number of ether oxygens (including phenoxy) is 2. The molecule has 1 fully saturated rings. The van der Waals surface area contributed by atoms with E-state index in [2.05, 4.69) is 44.9 Å². The van der Waals surface area contributed by atoms with Crippen LogP contribution in [0.4, 0.5) is 0 Å². The third-order valence-corrected chi connectivity index (χ3v) is 4.54. The van der Waals surface area contributed by atoms with Gasteiger partial charge in [-0.05, 0) is 60.1 Å². The fourth-order valence-corrected chi connectivity index (χ4v) is 3.44. The predicted molar refractivity (Wildman–Crippen MR) is 101 cm³/mol. The lowest BCUT2D eigenvalue weighted by Gasteiger charge is -2.32. The van der Waals surface area contributed by atoms with Gasteiger partial charge in [0.15, 0.2) is 11.5 Å². The highest BCUT2D eigenvalue weighted by Crippen LogP contribution is 2.37. The number of likely N-dealkylation sites (tertiary alicyclic amines) is 1. The number of piperidine rings is 1. The Morgan fingerprint density at radius 1 is 1.48 bits per heavy atom. The number of nitrogens with one attached hydrogen (secondary N) is 1. The van der Waals surface area contributed by atoms with Gasteiger partial charge in [-0.3, -0.25) is 4.90 Å². The summed E-state index contributed by atoms with van der Waals surface area (Å²) in [6, 6.07) is 4.77. The van der Waals surface area contributed by atoms with Crippen LogP contribution in [0.3, 0.4) is 0 Å². The maximum absolute atomic E-state index is 5.67. The molecule has 1 aliphatic heterocycles. The summed E-state index contributed by atoms with van der Waals surface area (Å²) < 4.78 is 12.1. The van der Waals surface area contributed by atoms with Gasteiger partial charge in [0.25, 0.3) is 0 Å². The summed E-state index contributed by atoms with van der Waals surface area (Å²) in [5.74, 6) is 1.49. The van der Waals surface area contributed by atoms with Crippen molar-refractivity contribution in [2.24, 2.45) is 0 Å². The average molecular weight is 406 g/mol. The molecule has 130 valence electrons. The normalized spacial score (nSPS) is 18.1. The van der Waals surface area contributed by atoms with Crippen LogP contribution in [0.2, 0.25) is 0 Å². The first-order valence-electron chi connectivity index (χ1n) is 7.67. The Kier molecular flexibility index (Phi) is 8.99. The number of likely N-dealkylation sites (N-methyl/N-ethyl adjacent to an activating group) is 1. The van der Waals surface area contributed by atoms with Crippen LogP contribution in [0.5, 0.6) is 11.5 Å². The second-order valence-corrected chi connectivity index (χ2v) is 6.43. The number of nitrogens with zero attached hydrogens (tertiary/aromatic N) is 1. The molecule has 1 N–H and O–H groups in total. The zero-order chi connectivity index (χ0) is 15.9. The van der Waals surface area contributed by atoms with Gasteiger partial charge in [-0.15, -0.1) is 12.4 Å². The van der Waals surface area contributed by atoms with E-state index in [1.54, 1.807) is 13.2 Å². The fourth-order valence-electron chi connectivity index (χ4n) is 2.84. The quantitative estimate of drug-likeness (QED) is 0.702. The number of hydrogen-bond acceptors (Lipinski definition) is 4. The van der Waals surface area contributed by atoms with Gasteiger partial charge >= 0.3 is 0 Å². The standard InChI is InChI=1S/C17H25BrN2O2.ClH/c1-4-8-22-17-15(18)9-13(10-16(17)21-3)11-20-7-5-6-14(12-20)19-2;/h4,9-10,14,19H,1,5-8,11-12H2,2-3H3;1H. The van der Waals surface area contributed by atoms with Gasteiger partial charge in [0.05, 0.1) is 11.6 Å². The third kappa shape index (κ3) is 5.68. The van der Waals surface area contributed by atoms with Crippen LogP contribution >= 0.6 is 28.3 Å². The summed E-state index contributed by atoms with van der Waals surface area (Å²) >= 11 is 3.59. The topological polar surface area (TPSA) is 33.7 Å². The van der Waals surface area contributed by atoms with E-state index in [-0.39, 0.29) is 12.4 Å². The van der Waals surface area contributed by atoms with Gasteiger partial charge in [-0.1, -0.05) is 12.7 Å². The zero-order valence-electron chi connectivity index (χ0n) is 13.8. The molecular weight excluding hydrogens is 380 g/mol. The fraction of sp³-hybridized carbons (Fsp3) is 0.529. The van der Waals surface area contributed by atoms with E-state index < -0.39 is 0 Å². The highest BCUT2D eigenvalue weighted by molar-refractivity contribution is 9.10. The van der Waals surface area contributed by atoms with Crippen molar-refractivity contribution < 1.29 is 9.47 Å². The molecule has 0 amide bonds. The Balaban J connectivity index is 0.00000264. The van der Waals surface area contributed by atoms with E-state index in [9.17, 15) is 0 Å². The van der Waals surface area contributed by atoms with Crippen molar-refractivity contribution in [1.29, 1.82) is 0 Å². The van der Waals surface area contributed by atoms with E-state index in [4.69, 9.17) is 9.47 Å². The van der Waals surface area contributed by atoms with Crippen LogP contribution in [0, 0.1) is 0 Å². The average Bonchev–Trinajstić information content (AvgIpc) is 2.53. The van der Waals surface area contributed by atoms with Gasteiger partial charge in [0.1, 0.15) is 6.61 Å². The maximum Gasteiger partial charge on any atom is 0.175 e. The minimum absolute atomic E-state index is 0. The molecule has 6 heteroatoms. The van der Waals surface area contributed by atoms with E-state index in [0.717, 1.165) is 35.6 Å². The lowest BCUT2D eigenvalue weighted by atomic mass is 10.0. The highest BCUT2D eigenvalue weighted by atomic mass is 79.9. The summed E-state index contributed by atoms with van der Waals surface area (Å²) in [5, 5.41) is 3.38. The summed E-state index contributed by atoms with van der Waals surface area (Å²) in [6.45, 7) is 7.30. The first-order chi connectivity index (χ1) is 10.7. The van der Waals surface area contributed by atoms with Crippen LogP contribution in [0.1, 0.15) is 18.4 Å². The number of rotatable bonds is 7. The SMILES string of the molecule is C=CCOc1c(Br)cc(CN2CCCC(NC)C2)cc1OC.Cl. The first-order valence-corrected chi connectivity index (χ1v) is 8.47. The van der Waals surface area contributed by atoms with Crippen molar-refractivity contribution >= 4 is 28.3 Å². The summed E-state index contributed by atoms with van der Waals surface area (Å²) in [5.41, 5.74) is 1.23. The van der Waals surface area contributed by atoms with Crippen molar-refractivity contribution in [1.82, 2.24) is 10.2 Å². The third-order valence-electron chi connectivity index (χ3n) is 3.95. The van der Waals surface area contributed by atoms with Gasteiger partial charge in [0.2, 0.25) is 0 Å². The molecule has 0 saturated carbocycles. The van der Waals surface area contributed by atoms with Crippen molar-refractivity contribution in [2.75, 3.05) is 33.9 Å². The first kappa shape index (κ1) is 20.3. The second-order valence-electron chi connectivity index (χ2n) is 5.57.